The summed E-state index contributed by atoms with van der Waals surface area (Å²) in [6, 6.07) is 0. The standard InChI is InChI=1S/Hg.H2O4S.H2O/c;1-5(2,3)4;/h;(H2,1,2,3,4);1H2/q+2;;/p-2. The Hall–Kier alpha value is 0.765. The van der Waals surface area contributed by atoms with E-state index >= 15 is 0 Å². The molecule has 0 bridgehead atoms. The van der Waals surface area contributed by atoms with E-state index in [1.54, 1.807) is 0 Å². The molecule has 0 aliphatic carbocycles. The summed E-state index contributed by atoms with van der Waals surface area (Å²) >= 11 is 0. The third kappa shape index (κ3) is 262. The van der Waals surface area contributed by atoms with Crippen molar-refractivity contribution in [2.24, 2.45) is 0 Å². The second kappa shape index (κ2) is 4.91. The van der Waals surface area contributed by atoms with Gasteiger partial charge in [-0.25, -0.2) is 0 Å². The van der Waals surface area contributed by atoms with Crippen LogP contribution in [-0.4, -0.2) is 23.0 Å². The molecule has 7 heavy (non-hydrogen) atoms. The van der Waals surface area contributed by atoms with Crippen LogP contribution in [0.4, 0.5) is 0 Å². The van der Waals surface area contributed by atoms with E-state index in [4.69, 9.17) is 17.5 Å². The van der Waals surface area contributed by atoms with E-state index < -0.39 is 10.4 Å². The van der Waals surface area contributed by atoms with E-state index in [1.807, 2.05) is 0 Å². The van der Waals surface area contributed by atoms with E-state index in [9.17, 15) is 0 Å². The third-order valence-electron chi connectivity index (χ3n) is 0. The van der Waals surface area contributed by atoms with Crippen molar-refractivity contribution in [2.45, 2.75) is 0 Å². The van der Waals surface area contributed by atoms with E-state index in [-0.39, 0.29) is 33.1 Å². The van der Waals surface area contributed by atoms with Gasteiger partial charge >= 0.3 is 27.7 Å². The number of rotatable bonds is 0. The molecule has 0 aromatic rings. The average molecular weight is 315 g/mol. The van der Waals surface area contributed by atoms with Gasteiger partial charge in [-0.3, -0.25) is 8.42 Å². The fourth-order valence-corrected chi connectivity index (χ4v) is 0. The maximum atomic E-state index is 8.52. The van der Waals surface area contributed by atoms with E-state index in [2.05, 4.69) is 0 Å². The molecular formula is H2HgO5S. The Morgan fingerprint density at radius 2 is 1.14 bits per heavy atom. The van der Waals surface area contributed by atoms with Gasteiger partial charge in [0.05, 0.1) is 0 Å². The zero-order chi connectivity index (χ0) is 4.50. The topological polar surface area (TPSA) is 112 Å². The van der Waals surface area contributed by atoms with Gasteiger partial charge in [0.2, 0.25) is 0 Å². The van der Waals surface area contributed by atoms with Gasteiger partial charge in [0.15, 0.2) is 0 Å². The molecule has 0 saturated heterocycles. The van der Waals surface area contributed by atoms with Crippen molar-refractivity contribution < 1.29 is 50.7 Å². The maximum Gasteiger partial charge on any atom is 2.00 e. The van der Waals surface area contributed by atoms with E-state index in [1.165, 1.54) is 0 Å². The van der Waals surface area contributed by atoms with Crippen LogP contribution in [0.2, 0.25) is 0 Å². The molecule has 7 heteroatoms. The molecular weight excluding hydrogens is 313 g/mol. The molecule has 40 valence electrons. The Bertz CT molecular complexity index is 91.2. The van der Waals surface area contributed by atoms with Gasteiger partial charge in [0.1, 0.15) is 0 Å². The summed E-state index contributed by atoms with van der Waals surface area (Å²) in [6.07, 6.45) is 0. The molecule has 0 spiro atoms. The second-order valence-electron chi connectivity index (χ2n) is 0.408. The summed E-state index contributed by atoms with van der Waals surface area (Å²) in [7, 11) is -5.17. The summed E-state index contributed by atoms with van der Waals surface area (Å²) < 4.78 is 34.1. The van der Waals surface area contributed by atoms with Gasteiger partial charge in [-0.2, -0.15) is 0 Å². The fourth-order valence-electron chi connectivity index (χ4n) is 0. The van der Waals surface area contributed by atoms with Gasteiger partial charge in [0.25, 0.3) is 0 Å². The first kappa shape index (κ1) is 15.7. The summed E-state index contributed by atoms with van der Waals surface area (Å²) in [5, 5.41) is 0. The Morgan fingerprint density at radius 3 is 1.14 bits per heavy atom. The van der Waals surface area contributed by atoms with Crippen LogP contribution in [0.25, 0.3) is 0 Å². The molecule has 0 amide bonds. The molecule has 0 aliphatic heterocycles. The average Bonchev–Trinajstić information content (AvgIpc) is 0.722. The summed E-state index contributed by atoms with van der Waals surface area (Å²) in [5.74, 6) is 0. The predicted molar refractivity (Wildman–Crippen MR) is 14.1 cm³/mol. The van der Waals surface area contributed by atoms with Crippen LogP contribution < -0.4 is 0 Å². The summed E-state index contributed by atoms with van der Waals surface area (Å²) in [6.45, 7) is 0. The van der Waals surface area contributed by atoms with Gasteiger partial charge < -0.3 is 14.6 Å². The van der Waals surface area contributed by atoms with Gasteiger partial charge in [-0.15, -0.1) is 0 Å². The van der Waals surface area contributed by atoms with Crippen LogP contribution in [0.1, 0.15) is 0 Å². The van der Waals surface area contributed by atoms with Crippen LogP contribution in [-0.2, 0) is 38.1 Å². The molecule has 0 saturated carbocycles. The van der Waals surface area contributed by atoms with Crippen molar-refractivity contribution in [1.82, 2.24) is 0 Å². The quantitative estimate of drug-likeness (QED) is 0.288. The van der Waals surface area contributed by atoms with Crippen LogP contribution in [0.15, 0.2) is 0 Å². The normalized spacial score (nSPS) is 8.29. The monoisotopic (exact) mass is 316 g/mol. The first-order valence-corrected chi connectivity index (χ1v) is 2.00. The molecule has 0 radical (unpaired) electrons. The Kier molecular flexibility index (Phi) is 11.0. The summed E-state index contributed by atoms with van der Waals surface area (Å²) in [4.78, 5) is 0. The summed E-state index contributed by atoms with van der Waals surface area (Å²) in [5.41, 5.74) is 0. The van der Waals surface area contributed by atoms with Crippen LogP contribution in [0.3, 0.4) is 0 Å². The van der Waals surface area contributed by atoms with E-state index in [0.717, 1.165) is 0 Å². The second-order valence-corrected chi connectivity index (χ2v) is 1.22. The minimum Gasteiger partial charge on any atom is -0.759 e. The number of hydrogen-bond acceptors (Lipinski definition) is 4. The smallest absolute Gasteiger partial charge is 0.759 e. The van der Waals surface area contributed by atoms with Crippen molar-refractivity contribution in [2.75, 3.05) is 0 Å². The molecule has 2 N–H and O–H groups in total. The largest absolute Gasteiger partial charge is 2.00 e. The van der Waals surface area contributed by atoms with Crippen LogP contribution in [0.5, 0.6) is 0 Å². The van der Waals surface area contributed by atoms with Crippen molar-refractivity contribution in [3.8, 4) is 0 Å². The minimum atomic E-state index is -5.17. The Balaban J connectivity index is -0.0000000800. The molecule has 0 heterocycles. The SMILES string of the molecule is O.O=S(=O)([O-])[O-].[Hg+2]. The van der Waals surface area contributed by atoms with Crippen LogP contribution in [0, 0.1) is 0 Å². The van der Waals surface area contributed by atoms with Crippen molar-refractivity contribution in [1.29, 1.82) is 0 Å². The molecule has 0 aliphatic rings. The Labute approximate surface area is 61.1 Å². The minimum absolute atomic E-state index is 0. The molecule has 0 aromatic heterocycles. The molecule has 0 atom stereocenters. The van der Waals surface area contributed by atoms with Crippen LogP contribution >= 0.6 is 0 Å². The zero-order valence-electron chi connectivity index (χ0n) is 3.25. The van der Waals surface area contributed by atoms with Crippen molar-refractivity contribution >= 4 is 10.4 Å². The van der Waals surface area contributed by atoms with Crippen molar-refractivity contribution in [3.63, 3.8) is 0 Å². The zero-order valence-corrected chi connectivity index (χ0v) is 9.56. The fraction of sp³-hybridized carbons (Fsp3) is 0. The van der Waals surface area contributed by atoms with Crippen molar-refractivity contribution in [3.05, 3.63) is 0 Å². The predicted octanol–water partition coefficient (Wildman–Crippen LogP) is -2.17. The molecule has 0 rings (SSSR count). The maximum absolute atomic E-state index is 8.52. The molecule has 5 nitrogen and oxygen atoms in total. The van der Waals surface area contributed by atoms with E-state index in [0.29, 0.717) is 0 Å². The van der Waals surface area contributed by atoms with Gasteiger partial charge in [-0.05, 0) is 0 Å². The third-order valence-corrected chi connectivity index (χ3v) is 0. The Morgan fingerprint density at radius 1 is 1.14 bits per heavy atom. The molecule has 0 aromatic carbocycles. The molecule has 0 unspecified atom stereocenters. The first-order valence-electron chi connectivity index (χ1n) is 0.667. The van der Waals surface area contributed by atoms with Gasteiger partial charge in [0, 0.05) is 10.4 Å². The van der Waals surface area contributed by atoms with Gasteiger partial charge in [-0.1, -0.05) is 0 Å². The number of hydrogen-bond donors (Lipinski definition) is 0. The molecule has 0 fully saturated rings. The first-order chi connectivity index (χ1) is 2.00.